The Labute approximate surface area is 120 Å². The van der Waals surface area contributed by atoms with Crippen molar-refractivity contribution < 1.29 is 0 Å². The van der Waals surface area contributed by atoms with Crippen LogP contribution in [0, 0.1) is 0 Å². The molecule has 0 fully saturated rings. The minimum absolute atomic E-state index is 1.07. The lowest BCUT2D eigenvalue weighted by Crippen LogP contribution is -2.79. The van der Waals surface area contributed by atoms with Gasteiger partial charge in [0.25, 0.3) is 0 Å². The Morgan fingerprint density at radius 2 is 1.11 bits per heavy atom. The molecule has 0 saturated carbocycles. The Bertz CT molecular complexity index is 342. The van der Waals surface area contributed by atoms with Crippen LogP contribution >= 0.6 is 0 Å². The number of hydrogen-bond donors (Lipinski definition) is 0. The normalized spacial score (nSPS) is 12.7. The van der Waals surface area contributed by atoms with E-state index in [0.29, 0.717) is 0 Å². The van der Waals surface area contributed by atoms with Crippen molar-refractivity contribution in [1.82, 2.24) is 13.7 Å². The molecule has 0 aliphatic rings. The Balaban J connectivity index is 3.43. The van der Waals surface area contributed by atoms with Crippen molar-refractivity contribution in [2.75, 3.05) is 40.8 Å². The molecule has 19 heavy (non-hydrogen) atoms. The van der Waals surface area contributed by atoms with Gasteiger partial charge in [0.2, 0.25) is 0 Å². The smallest absolute Gasteiger partial charge is 0.299 e. The van der Waals surface area contributed by atoms with Gasteiger partial charge in [-0.25, -0.2) is 0 Å². The van der Waals surface area contributed by atoms with Gasteiger partial charge in [-0.1, -0.05) is 51.1 Å². The Kier molecular flexibility index (Phi) is 6.20. The molecule has 108 valence electrons. The molecule has 0 atom stereocenters. The Morgan fingerprint density at radius 3 is 1.42 bits per heavy atom. The van der Waals surface area contributed by atoms with E-state index in [9.17, 15) is 0 Å². The first-order valence-electron chi connectivity index (χ1n) is 7.24. The summed E-state index contributed by atoms with van der Waals surface area (Å²) in [5, 5.41) is 1.47. The summed E-state index contributed by atoms with van der Waals surface area (Å²) in [5.74, 6) is 0. The molecule has 0 bridgehead atoms. The standard InChI is InChI=1S/C15H29N3Si/c1-7-16(4)19(17(5)8-2,18(6)9-3)15-13-11-10-12-14-15/h10-14H,7-9H2,1-6H3. The third kappa shape index (κ3) is 2.92. The van der Waals surface area contributed by atoms with Gasteiger partial charge in [-0.2, -0.15) is 0 Å². The van der Waals surface area contributed by atoms with E-state index < -0.39 is 8.56 Å². The summed E-state index contributed by atoms with van der Waals surface area (Å²) in [6.07, 6.45) is 0. The van der Waals surface area contributed by atoms with Crippen LogP contribution in [0.15, 0.2) is 30.3 Å². The maximum absolute atomic E-state index is 2.55. The predicted octanol–water partition coefficient (Wildman–Crippen LogP) is 1.69. The third-order valence-electron chi connectivity index (χ3n) is 4.18. The van der Waals surface area contributed by atoms with Gasteiger partial charge in [0.05, 0.1) is 0 Å². The molecule has 0 aliphatic heterocycles. The maximum Gasteiger partial charge on any atom is 0.322 e. The molecule has 0 amide bonds. The second-order valence-electron chi connectivity index (χ2n) is 5.04. The van der Waals surface area contributed by atoms with Crippen LogP contribution in [0.2, 0.25) is 0 Å². The number of hydrogen-bond acceptors (Lipinski definition) is 3. The summed E-state index contributed by atoms with van der Waals surface area (Å²) in [7, 11) is 4.80. The van der Waals surface area contributed by atoms with Gasteiger partial charge in [0.1, 0.15) is 0 Å². The fraction of sp³-hybridized carbons (Fsp3) is 0.600. The van der Waals surface area contributed by atoms with Crippen LogP contribution in [-0.4, -0.2) is 63.0 Å². The lowest BCUT2D eigenvalue weighted by Gasteiger charge is -2.50. The average molecular weight is 280 g/mol. The maximum atomic E-state index is 2.55. The van der Waals surface area contributed by atoms with Crippen LogP contribution < -0.4 is 5.19 Å². The second-order valence-corrected chi connectivity index (χ2v) is 9.18. The molecule has 0 radical (unpaired) electrons. The highest BCUT2D eigenvalue weighted by molar-refractivity contribution is 6.84. The van der Waals surface area contributed by atoms with Crippen molar-refractivity contribution in [3.63, 3.8) is 0 Å². The van der Waals surface area contributed by atoms with Crippen LogP contribution in [-0.2, 0) is 0 Å². The monoisotopic (exact) mass is 279 g/mol. The first-order valence-corrected chi connectivity index (χ1v) is 9.08. The van der Waals surface area contributed by atoms with Crippen molar-refractivity contribution in [2.45, 2.75) is 20.8 Å². The largest absolute Gasteiger partial charge is 0.322 e. The lowest BCUT2D eigenvalue weighted by molar-refractivity contribution is 0.331. The van der Waals surface area contributed by atoms with Crippen LogP contribution in [0.1, 0.15) is 20.8 Å². The topological polar surface area (TPSA) is 9.72 Å². The van der Waals surface area contributed by atoms with Gasteiger partial charge in [-0.15, -0.1) is 0 Å². The lowest BCUT2D eigenvalue weighted by atomic mass is 10.4. The highest BCUT2D eigenvalue weighted by atomic mass is 28.4. The minimum Gasteiger partial charge on any atom is -0.299 e. The van der Waals surface area contributed by atoms with E-state index in [-0.39, 0.29) is 0 Å². The van der Waals surface area contributed by atoms with Gasteiger partial charge < -0.3 is 0 Å². The predicted molar refractivity (Wildman–Crippen MR) is 86.7 cm³/mol. The molecular formula is C15H29N3Si. The molecule has 1 rings (SSSR count). The van der Waals surface area contributed by atoms with Crippen LogP contribution in [0.5, 0.6) is 0 Å². The highest BCUT2D eigenvalue weighted by Crippen LogP contribution is 2.17. The van der Waals surface area contributed by atoms with Crippen LogP contribution in [0.25, 0.3) is 0 Å². The zero-order valence-corrected chi connectivity index (χ0v) is 14.3. The van der Waals surface area contributed by atoms with Gasteiger partial charge in [0, 0.05) is 0 Å². The van der Waals surface area contributed by atoms with Gasteiger partial charge in [-0.3, -0.25) is 13.7 Å². The van der Waals surface area contributed by atoms with Gasteiger partial charge in [0.15, 0.2) is 0 Å². The summed E-state index contributed by atoms with van der Waals surface area (Å²) in [6, 6.07) is 11.0. The Hall–Kier alpha value is -0.683. The zero-order valence-electron chi connectivity index (χ0n) is 13.3. The second kappa shape index (κ2) is 7.19. The van der Waals surface area contributed by atoms with Gasteiger partial charge >= 0.3 is 8.56 Å². The molecular weight excluding hydrogens is 250 g/mol. The van der Waals surface area contributed by atoms with Crippen LogP contribution in [0.4, 0.5) is 0 Å². The molecule has 0 N–H and O–H groups in total. The van der Waals surface area contributed by atoms with E-state index >= 15 is 0 Å². The molecule has 0 heterocycles. The van der Waals surface area contributed by atoms with Crippen molar-refractivity contribution in [3.8, 4) is 0 Å². The van der Waals surface area contributed by atoms with E-state index in [1.165, 1.54) is 5.19 Å². The molecule has 0 spiro atoms. The average Bonchev–Trinajstić information content (AvgIpc) is 2.47. The first-order chi connectivity index (χ1) is 9.05. The molecule has 0 unspecified atom stereocenters. The first kappa shape index (κ1) is 16.4. The minimum atomic E-state index is -1.98. The summed E-state index contributed by atoms with van der Waals surface area (Å²) in [4.78, 5) is 0. The van der Waals surface area contributed by atoms with Crippen molar-refractivity contribution in [2.24, 2.45) is 0 Å². The SMILES string of the molecule is CCN(C)[Si](c1ccccc1)(N(C)CC)N(C)CC. The molecule has 3 nitrogen and oxygen atoms in total. The van der Waals surface area contributed by atoms with E-state index in [1.54, 1.807) is 0 Å². The van der Waals surface area contributed by atoms with E-state index in [4.69, 9.17) is 0 Å². The van der Waals surface area contributed by atoms with E-state index in [1.807, 2.05) is 0 Å². The van der Waals surface area contributed by atoms with Crippen molar-refractivity contribution in [1.29, 1.82) is 0 Å². The highest BCUT2D eigenvalue weighted by Gasteiger charge is 2.47. The molecule has 0 aliphatic carbocycles. The van der Waals surface area contributed by atoms with E-state index in [2.05, 4.69) is 85.9 Å². The molecule has 0 saturated heterocycles. The number of benzene rings is 1. The fourth-order valence-corrected chi connectivity index (χ4v) is 7.89. The van der Waals surface area contributed by atoms with Crippen molar-refractivity contribution in [3.05, 3.63) is 30.3 Å². The quantitative estimate of drug-likeness (QED) is 0.703. The summed E-state index contributed by atoms with van der Waals surface area (Å²) in [6.45, 7) is 9.94. The molecule has 1 aromatic rings. The van der Waals surface area contributed by atoms with Gasteiger partial charge in [-0.05, 0) is 46.0 Å². The fourth-order valence-electron chi connectivity index (χ4n) is 2.86. The van der Waals surface area contributed by atoms with Crippen molar-refractivity contribution >= 4 is 13.7 Å². The summed E-state index contributed by atoms with van der Waals surface area (Å²) in [5.41, 5.74) is 0. The summed E-state index contributed by atoms with van der Waals surface area (Å²) >= 11 is 0. The molecule has 1 aromatic carbocycles. The van der Waals surface area contributed by atoms with E-state index in [0.717, 1.165) is 19.6 Å². The van der Waals surface area contributed by atoms with Crippen LogP contribution in [0.3, 0.4) is 0 Å². The zero-order chi connectivity index (χ0) is 14.5. The molecule has 4 heteroatoms. The third-order valence-corrected chi connectivity index (χ3v) is 9.43. The number of nitrogens with zero attached hydrogens (tertiary/aromatic N) is 3. The molecule has 0 aromatic heterocycles. The summed E-state index contributed by atoms with van der Waals surface area (Å²) < 4.78 is 7.65. The number of rotatable bonds is 7. The Morgan fingerprint density at radius 1 is 0.737 bits per heavy atom.